The fourth-order valence-corrected chi connectivity index (χ4v) is 8.26. The number of aliphatic hydroxyl groups excluding tert-OH is 10. The van der Waals surface area contributed by atoms with E-state index in [1.165, 1.54) is 20.8 Å². The molecule has 0 saturated carbocycles. The first-order valence-corrected chi connectivity index (χ1v) is 22.6. The first-order chi connectivity index (χ1) is 29.2. The Morgan fingerprint density at radius 1 is 0.635 bits per heavy atom. The van der Waals surface area contributed by atoms with Crippen molar-refractivity contribution < 1.29 is 79.6 Å². The number of esters is 2. The van der Waals surface area contributed by atoms with Crippen molar-refractivity contribution >= 4 is 11.9 Å². The van der Waals surface area contributed by atoms with Crippen LogP contribution in [0.5, 0.6) is 0 Å². The molecule has 1 heterocycles. The van der Waals surface area contributed by atoms with E-state index >= 15 is 0 Å². The summed E-state index contributed by atoms with van der Waals surface area (Å²) in [5, 5.41) is 105. The third kappa shape index (κ3) is 18.5. The van der Waals surface area contributed by atoms with Gasteiger partial charge < -0.3 is 70.0 Å². The minimum Gasteiger partial charge on any atom is -0.463 e. The Kier molecular flexibility index (Phi) is 26.1. The van der Waals surface area contributed by atoms with E-state index in [0.717, 1.165) is 19.3 Å². The van der Waals surface area contributed by atoms with Crippen LogP contribution >= 0.6 is 0 Å². The predicted molar refractivity (Wildman–Crippen MR) is 236 cm³/mol. The van der Waals surface area contributed by atoms with Gasteiger partial charge in [0.2, 0.25) is 0 Å². The van der Waals surface area contributed by atoms with Gasteiger partial charge in [-0.1, -0.05) is 80.0 Å². The molecule has 10 N–H and O–H groups in total. The summed E-state index contributed by atoms with van der Waals surface area (Å²) < 4.78 is 22.5. The van der Waals surface area contributed by atoms with Crippen molar-refractivity contribution in [2.45, 2.75) is 183 Å². The highest BCUT2D eigenvalue weighted by Gasteiger charge is 2.46. The molecule has 0 amide bonds. The molecule has 63 heavy (non-hydrogen) atoms. The second kappa shape index (κ2) is 28.0. The highest BCUT2D eigenvalue weighted by Crippen LogP contribution is 2.33. The zero-order valence-electron chi connectivity index (χ0n) is 39.9. The van der Waals surface area contributed by atoms with Crippen LogP contribution in [0.1, 0.15) is 109 Å². The number of hydrogen-bond acceptors (Lipinski definition) is 16. The SMILES string of the molecule is CC[C@H](C)C[C@H](C)C[C@H](C)[C@@H](O[C@@H]1O[C@H](COC(C)=O)[C@@H](O)[C@H](O)[C@@H]1O)[C@@H](C)/C=C(\C)[C@@H](O)[C@@H](C)/C=C(\C)[C@@H](O)[C@@H](C)/C=C(\C)[C@@H](O)[C@@H](C)C(=O)OC[C@@H](O)[C@@H](O)[C@H](O)[C@H](C)CO. The summed E-state index contributed by atoms with van der Waals surface area (Å²) in [6.45, 7) is 21.9. The molecule has 16 heteroatoms. The van der Waals surface area contributed by atoms with Crippen molar-refractivity contribution in [1.82, 2.24) is 0 Å². The number of carbonyl (C=O) groups is 2. The van der Waals surface area contributed by atoms with E-state index < -0.39 is 122 Å². The first kappa shape index (κ1) is 58.7. The lowest BCUT2D eigenvalue weighted by atomic mass is 9.82. The van der Waals surface area contributed by atoms with Gasteiger partial charge in [-0.2, -0.15) is 0 Å². The lowest BCUT2D eigenvalue weighted by Crippen LogP contribution is -2.60. The Hall–Kier alpha value is -2.32. The lowest BCUT2D eigenvalue weighted by Gasteiger charge is -2.43. The molecule has 20 atom stereocenters. The summed E-state index contributed by atoms with van der Waals surface area (Å²) in [6, 6.07) is 0. The fourth-order valence-electron chi connectivity index (χ4n) is 8.26. The molecule has 0 spiro atoms. The molecule has 0 aromatic heterocycles. The van der Waals surface area contributed by atoms with E-state index in [0.29, 0.717) is 28.6 Å². The van der Waals surface area contributed by atoms with Crippen LogP contribution in [0.3, 0.4) is 0 Å². The molecule has 0 radical (unpaired) electrons. The number of ether oxygens (including phenoxy) is 4. The molecule has 0 aliphatic carbocycles. The summed E-state index contributed by atoms with van der Waals surface area (Å²) in [4.78, 5) is 24.2. The minimum atomic E-state index is -1.67. The smallest absolute Gasteiger partial charge is 0.311 e. The lowest BCUT2D eigenvalue weighted by molar-refractivity contribution is -0.317. The molecular weight excluding hydrogens is 821 g/mol. The molecular formula is C47H84O16. The number of hydrogen-bond donors (Lipinski definition) is 10. The predicted octanol–water partition coefficient (Wildman–Crippen LogP) is 2.56. The van der Waals surface area contributed by atoms with Crippen molar-refractivity contribution in [2.75, 3.05) is 19.8 Å². The van der Waals surface area contributed by atoms with E-state index in [9.17, 15) is 60.7 Å². The second-order valence-corrected chi connectivity index (χ2v) is 18.8. The van der Waals surface area contributed by atoms with Crippen LogP contribution < -0.4 is 0 Å². The van der Waals surface area contributed by atoms with Crippen LogP contribution in [0.4, 0.5) is 0 Å². The van der Waals surface area contributed by atoms with Crippen LogP contribution in [0.25, 0.3) is 0 Å². The van der Waals surface area contributed by atoms with E-state index in [1.807, 2.05) is 26.8 Å². The molecule has 1 rings (SSSR count). The topological polar surface area (TPSA) is 273 Å². The van der Waals surface area contributed by atoms with Gasteiger partial charge in [-0.25, -0.2) is 0 Å². The molecule has 0 bridgehead atoms. The van der Waals surface area contributed by atoms with Gasteiger partial charge in [0.25, 0.3) is 0 Å². The Bertz CT molecular complexity index is 1450. The summed E-state index contributed by atoms with van der Waals surface area (Å²) >= 11 is 0. The third-order valence-electron chi connectivity index (χ3n) is 12.6. The molecule has 1 aliphatic rings. The van der Waals surface area contributed by atoms with Gasteiger partial charge in [0.15, 0.2) is 6.29 Å². The molecule has 1 fully saturated rings. The van der Waals surface area contributed by atoms with Crippen molar-refractivity contribution in [1.29, 1.82) is 0 Å². The van der Waals surface area contributed by atoms with Crippen LogP contribution in [0, 0.1) is 47.3 Å². The quantitative estimate of drug-likeness (QED) is 0.0419. The monoisotopic (exact) mass is 905 g/mol. The van der Waals surface area contributed by atoms with Crippen molar-refractivity contribution in [3.63, 3.8) is 0 Å². The van der Waals surface area contributed by atoms with E-state index in [2.05, 4.69) is 20.8 Å². The highest BCUT2D eigenvalue weighted by molar-refractivity contribution is 5.73. The fraction of sp³-hybridized carbons (Fsp3) is 0.830. The van der Waals surface area contributed by atoms with Crippen LogP contribution in [0.15, 0.2) is 34.9 Å². The van der Waals surface area contributed by atoms with Gasteiger partial charge in [-0.3, -0.25) is 9.59 Å². The van der Waals surface area contributed by atoms with E-state index in [1.54, 1.807) is 39.8 Å². The average Bonchev–Trinajstić information content (AvgIpc) is 3.23. The highest BCUT2D eigenvalue weighted by atomic mass is 16.7. The Morgan fingerprint density at radius 3 is 1.63 bits per heavy atom. The minimum absolute atomic E-state index is 0.0828. The molecule has 16 nitrogen and oxygen atoms in total. The maximum absolute atomic E-state index is 12.7. The van der Waals surface area contributed by atoms with Crippen LogP contribution in [0.2, 0.25) is 0 Å². The van der Waals surface area contributed by atoms with Crippen LogP contribution in [-0.2, 0) is 28.5 Å². The second-order valence-electron chi connectivity index (χ2n) is 18.8. The number of aliphatic hydroxyl groups is 10. The van der Waals surface area contributed by atoms with Crippen molar-refractivity contribution in [3.05, 3.63) is 34.9 Å². The molecule has 0 aromatic carbocycles. The molecule has 0 aromatic rings. The zero-order chi connectivity index (χ0) is 48.6. The van der Waals surface area contributed by atoms with Gasteiger partial charge in [0.1, 0.15) is 49.8 Å². The molecule has 1 saturated heterocycles. The van der Waals surface area contributed by atoms with E-state index in [-0.39, 0.29) is 18.4 Å². The average molecular weight is 905 g/mol. The molecule has 0 unspecified atom stereocenters. The normalized spacial score (nSPS) is 27.6. The van der Waals surface area contributed by atoms with Gasteiger partial charge in [0.05, 0.1) is 36.4 Å². The third-order valence-corrected chi connectivity index (χ3v) is 12.6. The molecule has 1 aliphatic heterocycles. The summed E-state index contributed by atoms with van der Waals surface area (Å²) in [7, 11) is 0. The Labute approximate surface area is 375 Å². The van der Waals surface area contributed by atoms with Gasteiger partial charge in [0, 0.05) is 37.2 Å². The summed E-state index contributed by atoms with van der Waals surface area (Å²) in [5.41, 5.74) is 1.56. The molecule has 368 valence electrons. The largest absolute Gasteiger partial charge is 0.463 e. The standard InChI is InChI=1S/C47H84O16/c1-14-23(2)15-24(3)16-30(9)45(63-47-44(58)43(57)42(56)36(62-47)22-60-34(13)49)31(10)19-28(7)38(52)26(5)17-25(4)37(51)27(6)18-29(8)39(53)33(12)46(59)61-21-35(50)41(55)40(54)32(11)20-48/h17-19,23-24,26-27,30-33,35-45,47-48,50-58H,14-16,20-22H2,1-13H3/b25-17+,28-19+,29-18+/t23-,24-,26-,27-,30-,31-,32+,33+,35+,36+,37+,38-,39+,40+,41+,42+,43-,44-,45+,47-/m0/s1. The van der Waals surface area contributed by atoms with Crippen molar-refractivity contribution in [3.8, 4) is 0 Å². The number of rotatable bonds is 27. The van der Waals surface area contributed by atoms with Crippen molar-refractivity contribution in [2.24, 2.45) is 47.3 Å². The summed E-state index contributed by atoms with van der Waals surface area (Å²) in [5.74, 6) is -3.82. The zero-order valence-corrected chi connectivity index (χ0v) is 39.9. The Morgan fingerprint density at radius 2 is 1.14 bits per heavy atom. The van der Waals surface area contributed by atoms with E-state index in [4.69, 9.17) is 18.9 Å². The first-order valence-electron chi connectivity index (χ1n) is 22.6. The van der Waals surface area contributed by atoms with Gasteiger partial charge in [-0.15, -0.1) is 0 Å². The maximum Gasteiger partial charge on any atom is 0.311 e. The van der Waals surface area contributed by atoms with Gasteiger partial charge in [-0.05, 0) is 75.0 Å². The summed E-state index contributed by atoms with van der Waals surface area (Å²) in [6.07, 6.45) is -7.75. The van der Waals surface area contributed by atoms with Gasteiger partial charge >= 0.3 is 11.9 Å². The van der Waals surface area contributed by atoms with Crippen LogP contribution in [-0.4, -0.2) is 156 Å². The number of carbonyl (C=O) groups excluding carboxylic acids is 2. The maximum atomic E-state index is 12.7. The Balaban J connectivity index is 3.18.